The normalized spacial score (nSPS) is 29.1. The Labute approximate surface area is 79.1 Å². The van der Waals surface area contributed by atoms with Crippen LogP contribution in [-0.2, 0) is 0 Å². The number of piperidine rings is 1. The Kier molecular flexibility index (Phi) is 2.36. The Hall–Kier alpha value is -0.830. The fourth-order valence-corrected chi connectivity index (χ4v) is 1.96. The van der Waals surface area contributed by atoms with Crippen LogP contribution in [0.15, 0.2) is 12.4 Å². The van der Waals surface area contributed by atoms with Crippen LogP contribution in [-0.4, -0.2) is 22.9 Å². The Morgan fingerprint density at radius 3 is 3.00 bits per heavy atom. The van der Waals surface area contributed by atoms with Gasteiger partial charge in [-0.25, -0.2) is 0 Å². The third kappa shape index (κ3) is 1.91. The van der Waals surface area contributed by atoms with Crippen molar-refractivity contribution in [2.24, 2.45) is 5.92 Å². The molecule has 1 saturated heterocycles. The standard InChI is InChI=1S/C10H17N3/c1-8-3-10(6-11-4-8)13-7-9(2)5-12-13/h5,7-8,10-11H,3-4,6H2,1-2H3. The molecule has 3 nitrogen and oxygen atoms in total. The molecule has 2 atom stereocenters. The summed E-state index contributed by atoms with van der Waals surface area (Å²) in [6, 6.07) is 0.553. The SMILES string of the molecule is Cc1cnn(C2CNCC(C)C2)c1. The van der Waals surface area contributed by atoms with Crippen LogP contribution in [0.3, 0.4) is 0 Å². The van der Waals surface area contributed by atoms with Gasteiger partial charge in [-0.05, 0) is 31.4 Å². The number of nitrogens with one attached hydrogen (secondary N) is 1. The molecule has 0 aliphatic carbocycles. The highest BCUT2D eigenvalue weighted by Crippen LogP contribution is 2.19. The molecular weight excluding hydrogens is 162 g/mol. The highest BCUT2D eigenvalue weighted by molar-refractivity contribution is 5.01. The monoisotopic (exact) mass is 179 g/mol. The number of aromatic nitrogens is 2. The molecule has 13 heavy (non-hydrogen) atoms. The van der Waals surface area contributed by atoms with E-state index in [-0.39, 0.29) is 0 Å². The molecule has 1 aliphatic heterocycles. The molecule has 1 N–H and O–H groups in total. The minimum Gasteiger partial charge on any atom is -0.314 e. The van der Waals surface area contributed by atoms with E-state index in [0.717, 1.165) is 19.0 Å². The Bertz CT molecular complexity index is 279. The molecule has 2 unspecified atom stereocenters. The molecule has 0 spiro atoms. The van der Waals surface area contributed by atoms with Crippen molar-refractivity contribution in [2.75, 3.05) is 13.1 Å². The van der Waals surface area contributed by atoms with Crippen molar-refractivity contribution in [3.63, 3.8) is 0 Å². The zero-order valence-electron chi connectivity index (χ0n) is 8.33. The molecular formula is C10H17N3. The lowest BCUT2D eigenvalue weighted by atomic mass is 9.98. The number of hydrogen-bond donors (Lipinski definition) is 1. The number of nitrogens with zero attached hydrogens (tertiary/aromatic N) is 2. The molecule has 1 aromatic heterocycles. The average Bonchev–Trinajstić information content (AvgIpc) is 2.52. The second-order valence-corrected chi connectivity index (χ2v) is 4.15. The minimum atomic E-state index is 0.553. The fraction of sp³-hybridized carbons (Fsp3) is 0.700. The van der Waals surface area contributed by atoms with Crippen LogP contribution in [0.4, 0.5) is 0 Å². The van der Waals surface area contributed by atoms with E-state index in [2.05, 4.69) is 35.1 Å². The summed E-state index contributed by atoms with van der Waals surface area (Å²) < 4.78 is 2.10. The molecule has 0 amide bonds. The van der Waals surface area contributed by atoms with Gasteiger partial charge >= 0.3 is 0 Å². The van der Waals surface area contributed by atoms with Crippen LogP contribution in [0.5, 0.6) is 0 Å². The highest BCUT2D eigenvalue weighted by atomic mass is 15.3. The van der Waals surface area contributed by atoms with Crippen molar-refractivity contribution < 1.29 is 0 Å². The zero-order valence-corrected chi connectivity index (χ0v) is 8.33. The Morgan fingerprint density at radius 1 is 1.54 bits per heavy atom. The van der Waals surface area contributed by atoms with Gasteiger partial charge in [0.05, 0.1) is 12.2 Å². The van der Waals surface area contributed by atoms with Crippen molar-refractivity contribution in [1.82, 2.24) is 15.1 Å². The summed E-state index contributed by atoms with van der Waals surface area (Å²) in [5, 5.41) is 7.78. The van der Waals surface area contributed by atoms with Crippen LogP contribution in [0.1, 0.15) is 24.9 Å². The van der Waals surface area contributed by atoms with Crippen LogP contribution >= 0.6 is 0 Å². The van der Waals surface area contributed by atoms with Crippen LogP contribution < -0.4 is 5.32 Å². The van der Waals surface area contributed by atoms with E-state index in [1.807, 2.05) is 6.20 Å². The summed E-state index contributed by atoms with van der Waals surface area (Å²) >= 11 is 0. The van der Waals surface area contributed by atoms with E-state index < -0.39 is 0 Å². The molecule has 1 aromatic rings. The molecule has 0 saturated carbocycles. The molecule has 0 aromatic carbocycles. The van der Waals surface area contributed by atoms with Crippen molar-refractivity contribution in [1.29, 1.82) is 0 Å². The van der Waals surface area contributed by atoms with E-state index >= 15 is 0 Å². The van der Waals surface area contributed by atoms with Crippen molar-refractivity contribution in [2.45, 2.75) is 26.3 Å². The van der Waals surface area contributed by atoms with Crippen LogP contribution in [0.25, 0.3) is 0 Å². The first-order chi connectivity index (χ1) is 6.25. The van der Waals surface area contributed by atoms with Gasteiger partial charge in [-0.3, -0.25) is 4.68 Å². The lowest BCUT2D eigenvalue weighted by Gasteiger charge is -2.27. The summed E-state index contributed by atoms with van der Waals surface area (Å²) in [6.07, 6.45) is 5.30. The first kappa shape index (κ1) is 8.75. The maximum Gasteiger partial charge on any atom is 0.0646 e. The van der Waals surface area contributed by atoms with Crippen LogP contribution in [0, 0.1) is 12.8 Å². The smallest absolute Gasteiger partial charge is 0.0646 e. The molecule has 72 valence electrons. The van der Waals surface area contributed by atoms with E-state index in [1.54, 1.807) is 0 Å². The summed E-state index contributed by atoms with van der Waals surface area (Å²) in [5.74, 6) is 0.767. The van der Waals surface area contributed by atoms with E-state index in [0.29, 0.717) is 6.04 Å². The second kappa shape index (κ2) is 3.50. The van der Waals surface area contributed by atoms with Gasteiger partial charge in [0.1, 0.15) is 0 Å². The molecule has 0 radical (unpaired) electrons. The Balaban J connectivity index is 2.08. The molecule has 2 rings (SSSR count). The first-order valence-corrected chi connectivity index (χ1v) is 4.97. The maximum absolute atomic E-state index is 4.35. The second-order valence-electron chi connectivity index (χ2n) is 4.15. The quantitative estimate of drug-likeness (QED) is 0.705. The van der Waals surface area contributed by atoms with E-state index in [9.17, 15) is 0 Å². The first-order valence-electron chi connectivity index (χ1n) is 4.97. The third-order valence-electron chi connectivity index (χ3n) is 2.65. The van der Waals surface area contributed by atoms with Gasteiger partial charge in [-0.1, -0.05) is 6.92 Å². The van der Waals surface area contributed by atoms with Gasteiger partial charge in [0.25, 0.3) is 0 Å². The predicted molar refractivity (Wildman–Crippen MR) is 52.7 cm³/mol. The van der Waals surface area contributed by atoms with Gasteiger partial charge in [-0.15, -0.1) is 0 Å². The van der Waals surface area contributed by atoms with E-state index in [1.165, 1.54) is 12.0 Å². The number of hydrogen-bond acceptors (Lipinski definition) is 2. The predicted octanol–water partition coefficient (Wildman–Crippen LogP) is 1.36. The lowest BCUT2D eigenvalue weighted by Crippen LogP contribution is -2.36. The van der Waals surface area contributed by atoms with Gasteiger partial charge in [-0.2, -0.15) is 5.10 Å². The van der Waals surface area contributed by atoms with Gasteiger partial charge in [0.2, 0.25) is 0 Å². The Morgan fingerprint density at radius 2 is 2.38 bits per heavy atom. The minimum absolute atomic E-state index is 0.553. The zero-order chi connectivity index (χ0) is 9.26. The topological polar surface area (TPSA) is 29.9 Å². The number of rotatable bonds is 1. The molecule has 0 bridgehead atoms. The summed E-state index contributed by atoms with van der Waals surface area (Å²) in [7, 11) is 0. The highest BCUT2D eigenvalue weighted by Gasteiger charge is 2.19. The third-order valence-corrected chi connectivity index (χ3v) is 2.65. The van der Waals surface area contributed by atoms with Crippen LogP contribution in [0.2, 0.25) is 0 Å². The molecule has 1 fully saturated rings. The summed E-state index contributed by atoms with van der Waals surface area (Å²) in [6.45, 7) is 6.58. The van der Waals surface area contributed by atoms with Crippen molar-refractivity contribution in [3.8, 4) is 0 Å². The number of aryl methyl sites for hydroxylation is 1. The van der Waals surface area contributed by atoms with Crippen molar-refractivity contribution >= 4 is 0 Å². The average molecular weight is 179 g/mol. The summed E-state index contributed by atoms with van der Waals surface area (Å²) in [5.41, 5.74) is 1.25. The molecule has 2 heterocycles. The van der Waals surface area contributed by atoms with Gasteiger partial charge in [0.15, 0.2) is 0 Å². The van der Waals surface area contributed by atoms with Crippen molar-refractivity contribution in [3.05, 3.63) is 18.0 Å². The summed E-state index contributed by atoms with van der Waals surface area (Å²) in [4.78, 5) is 0. The molecule has 1 aliphatic rings. The largest absolute Gasteiger partial charge is 0.314 e. The van der Waals surface area contributed by atoms with Gasteiger partial charge in [0, 0.05) is 12.7 Å². The van der Waals surface area contributed by atoms with E-state index in [4.69, 9.17) is 0 Å². The fourth-order valence-electron chi connectivity index (χ4n) is 1.96. The molecule has 3 heteroatoms. The maximum atomic E-state index is 4.35. The lowest BCUT2D eigenvalue weighted by molar-refractivity contribution is 0.285. The van der Waals surface area contributed by atoms with Gasteiger partial charge < -0.3 is 5.32 Å².